The number of fused-ring (bicyclic) bond motifs is 4. The van der Waals surface area contributed by atoms with Crippen LogP contribution in [0.3, 0.4) is 0 Å². The maximum Gasteiger partial charge on any atom is 0.199 e. The molecule has 0 aliphatic carbocycles. The molecule has 0 radical (unpaired) electrons. The smallest absolute Gasteiger partial charge is 0.199 e. The van der Waals surface area contributed by atoms with Crippen molar-refractivity contribution < 1.29 is 9.47 Å². The van der Waals surface area contributed by atoms with Crippen LogP contribution < -0.4 is 9.47 Å². The highest BCUT2D eigenvalue weighted by atomic mass is 16.5. The van der Waals surface area contributed by atoms with Crippen LogP contribution in [0.15, 0.2) is 103 Å². The first kappa shape index (κ1) is 19.7. The van der Waals surface area contributed by atoms with Gasteiger partial charge in [0.15, 0.2) is 5.60 Å². The van der Waals surface area contributed by atoms with Gasteiger partial charge >= 0.3 is 0 Å². The van der Waals surface area contributed by atoms with Crippen molar-refractivity contribution in [3.8, 4) is 11.5 Å². The highest BCUT2D eigenvalue weighted by Gasteiger charge is 2.46. The van der Waals surface area contributed by atoms with Crippen LogP contribution in [0.4, 0.5) is 0 Å². The largest absolute Gasteiger partial charge is 0.497 e. The van der Waals surface area contributed by atoms with Gasteiger partial charge in [0.25, 0.3) is 0 Å². The molecule has 1 aromatic heterocycles. The molecule has 6 rings (SSSR count). The minimum absolute atomic E-state index is 0.107. The number of para-hydroxylation sites is 1. The summed E-state index contributed by atoms with van der Waals surface area (Å²) in [5.41, 5.74) is 5.90. The molecule has 1 atom stereocenters. The third-order valence-corrected chi connectivity index (χ3v) is 6.84. The van der Waals surface area contributed by atoms with Crippen molar-refractivity contribution in [3.05, 3.63) is 131 Å². The van der Waals surface area contributed by atoms with E-state index in [0.717, 1.165) is 39.4 Å². The minimum Gasteiger partial charge on any atom is -0.497 e. The molecule has 5 aromatic rings. The monoisotopic (exact) mass is 431 g/mol. The van der Waals surface area contributed by atoms with Gasteiger partial charge in [0, 0.05) is 33.5 Å². The highest BCUT2D eigenvalue weighted by Crippen LogP contribution is 2.51. The van der Waals surface area contributed by atoms with E-state index in [0.29, 0.717) is 0 Å². The van der Waals surface area contributed by atoms with Gasteiger partial charge in [-0.3, -0.25) is 0 Å². The van der Waals surface area contributed by atoms with Crippen LogP contribution in [-0.4, -0.2) is 12.1 Å². The van der Waals surface area contributed by atoms with E-state index in [4.69, 9.17) is 9.47 Å². The molecule has 4 aromatic carbocycles. The molecule has 3 nitrogen and oxygen atoms in total. The number of benzene rings is 4. The molecule has 0 spiro atoms. The van der Waals surface area contributed by atoms with Crippen molar-refractivity contribution in [2.45, 2.75) is 18.4 Å². The van der Waals surface area contributed by atoms with Crippen LogP contribution >= 0.6 is 0 Å². The zero-order valence-corrected chi connectivity index (χ0v) is 18.7. The van der Waals surface area contributed by atoms with Crippen LogP contribution in [0.5, 0.6) is 11.5 Å². The van der Waals surface area contributed by atoms with Gasteiger partial charge in [-0.15, -0.1) is 0 Å². The van der Waals surface area contributed by atoms with Gasteiger partial charge in [0.1, 0.15) is 11.5 Å². The lowest BCUT2D eigenvalue weighted by Crippen LogP contribution is -2.36. The molecule has 0 fully saturated rings. The Bertz CT molecular complexity index is 1400. The van der Waals surface area contributed by atoms with Crippen molar-refractivity contribution in [2.75, 3.05) is 7.11 Å². The fraction of sp³-hybridized carbons (Fsp3) is 0.133. The van der Waals surface area contributed by atoms with E-state index >= 15 is 0 Å². The standard InChI is InChI=1S/C30H25NO2/c1-20-25-19-23(32-2)17-18-27(25)33-30(21-11-5-3-6-12-21,22-13-7-4-8-14-22)29-28(20)24-15-9-10-16-26(24)31-29/h3-20,31H,1-2H3/t20-/m0/s1. The number of methoxy groups -OCH3 is 1. The Balaban J connectivity index is 1.78. The molecule has 1 N–H and O–H groups in total. The Labute approximate surface area is 193 Å². The Morgan fingerprint density at radius 1 is 0.788 bits per heavy atom. The summed E-state index contributed by atoms with van der Waals surface area (Å²) in [7, 11) is 1.71. The quantitative estimate of drug-likeness (QED) is 0.333. The number of aromatic nitrogens is 1. The fourth-order valence-corrected chi connectivity index (χ4v) is 5.27. The van der Waals surface area contributed by atoms with Gasteiger partial charge in [0.2, 0.25) is 0 Å². The second-order valence-corrected chi connectivity index (χ2v) is 8.60. The van der Waals surface area contributed by atoms with E-state index in [2.05, 4.69) is 90.8 Å². The predicted octanol–water partition coefficient (Wildman–Crippen LogP) is 7.01. The number of H-pyrrole nitrogens is 1. The third-order valence-electron chi connectivity index (χ3n) is 6.84. The van der Waals surface area contributed by atoms with Crippen molar-refractivity contribution >= 4 is 10.9 Å². The van der Waals surface area contributed by atoms with E-state index in [1.807, 2.05) is 24.3 Å². The summed E-state index contributed by atoms with van der Waals surface area (Å²) in [4.78, 5) is 3.78. The molecule has 1 aliphatic heterocycles. The average molecular weight is 432 g/mol. The predicted molar refractivity (Wildman–Crippen MR) is 132 cm³/mol. The molecule has 2 heterocycles. The maximum absolute atomic E-state index is 7.16. The normalized spacial score (nSPS) is 16.4. The van der Waals surface area contributed by atoms with Crippen molar-refractivity contribution in [3.63, 3.8) is 0 Å². The number of aromatic amines is 1. The molecule has 0 saturated heterocycles. The van der Waals surface area contributed by atoms with Gasteiger partial charge in [0.05, 0.1) is 12.8 Å². The minimum atomic E-state index is -0.828. The SMILES string of the molecule is COc1ccc2c(c1)[C@H](C)c1c([nH]c3ccccc13)C(c1ccccc1)(c1ccccc1)O2. The zero-order chi connectivity index (χ0) is 22.4. The summed E-state index contributed by atoms with van der Waals surface area (Å²) < 4.78 is 12.7. The molecule has 0 unspecified atom stereocenters. The van der Waals surface area contributed by atoms with E-state index in [1.54, 1.807) is 7.11 Å². The fourth-order valence-electron chi connectivity index (χ4n) is 5.27. The Kier molecular flexibility index (Phi) is 4.51. The molecule has 162 valence electrons. The van der Waals surface area contributed by atoms with Gasteiger partial charge in [-0.05, 0) is 29.8 Å². The van der Waals surface area contributed by atoms with Crippen LogP contribution in [0.25, 0.3) is 10.9 Å². The summed E-state index contributed by atoms with van der Waals surface area (Å²) in [5.74, 6) is 1.80. The van der Waals surface area contributed by atoms with Gasteiger partial charge in [-0.25, -0.2) is 0 Å². The number of hydrogen-bond acceptors (Lipinski definition) is 2. The van der Waals surface area contributed by atoms with Gasteiger partial charge < -0.3 is 14.5 Å². The first-order valence-electron chi connectivity index (χ1n) is 11.3. The summed E-state index contributed by atoms with van der Waals surface area (Å²) in [5, 5.41) is 1.22. The Hall–Kier alpha value is -3.98. The first-order valence-corrected chi connectivity index (χ1v) is 11.3. The van der Waals surface area contributed by atoms with Gasteiger partial charge in [-0.2, -0.15) is 0 Å². The van der Waals surface area contributed by atoms with Gasteiger partial charge in [-0.1, -0.05) is 85.8 Å². The molecule has 0 bridgehead atoms. The Morgan fingerprint density at radius 3 is 2.09 bits per heavy atom. The van der Waals surface area contributed by atoms with Crippen LogP contribution in [0.2, 0.25) is 0 Å². The molecule has 33 heavy (non-hydrogen) atoms. The third kappa shape index (κ3) is 2.89. The summed E-state index contributed by atoms with van der Waals surface area (Å²) in [6.45, 7) is 2.26. The maximum atomic E-state index is 7.16. The molecule has 0 amide bonds. The van der Waals surface area contributed by atoms with Crippen LogP contribution in [0.1, 0.15) is 40.8 Å². The highest BCUT2D eigenvalue weighted by molar-refractivity contribution is 5.87. The van der Waals surface area contributed by atoms with E-state index < -0.39 is 5.60 Å². The van der Waals surface area contributed by atoms with Crippen LogP contribution in [0, 0.1) is 0 Å². The second kappa shape index (κ2) is 7.56. The second-order valence-electron chi connectivity index (χ2n) is 8.60. The van der Waals surface area contributed by atoms with Crippen molar-refractivity contribution in [1.29, 1.82) is 0 Å². The van der Waals surface area contributed by atoms with Crippen molar-refractivity contribution in [1.82, 2.24) is 4.98 Å². The Morgan fingerprint density at radius 2 is 1.42 bits per heavy atom. The zero-order valence-electron chi connectivity index (χ0n) is 18.7. The lowest BCUT2D eigenvalue weighted by molar-refractivity contribution is 0.152. The number of hydrogen-bond donors (Lipinski definition) is 1. The average Bonchev–Trinajstić information content (AvgIpc) is 3.23. The molecular formula is C30H25NO2. The number of ether oxygens (including phenoxy) is 2. The van der Waals surface area contributed by atoms with E-state index in [9.17, 15) is 0 Å². The molecule has 1 aliphatic rings. The first-order chi connectivity index (χ1) is 16.2. The summed E-state index contributed by atoms with van der Waals surface area (Å²) in [6, 6.07) is 35.7. The molecular weight excluding hydrogens is 406 g/mol. The summed E-state index contributed by atoms with van der Waals surface area (Å²) >= 11 is 0. The van der Waals surface area contributed by atoms with Crippen LogP contribution in [-0.2, 0) is 5.60 Å². The van der Waals surface area contributed by atoms with E-state index in [-0.39, 0.29) is 5.92 Å². The van der Waals surface area contributed by atoms with Crippen molar-refractivity contribution in [2.24, 2.45) is 0 Å². The molecule has 3 heteroatoms. The number of nitrogens with one attached hydrogen (secondary N) is 1. The summed E-state index contributed by atoms with van der Waals surface area (Å²) in [6.07, 6.45) is 0. The lowest BCUT2D eigenvalue weighted by Gasteiger charge is -2.35. The lowest BCUT2D eigenvalue weighted by atomic mass is 9.79. The number of rotatable bonds is 3. The van der Waals surface area contributed by atoms with E-state index in [1.165, 1.54) is 10.9 Å². The molecule has 0 saturated carbocycles. The topological polar surface area (TPSA) is 34.2 Å².